The molecule has 0 unspecified atom stereocenters. The SMILES string of the molecule is O=C(c1cc(Br)c(Cl)[nH]1)N1CC1. The van der Waals surface area contributed by atoms with Gasteiger partial charge in [-0.25, -0.2) is 0 Å². The van der Waals surface area contributed by atoms with Crippen molar-refractivity contribution in [2.24, 2.45) is 0 Å². The lowest BCUT2D eigenvalue weighted by Crippen LogP contribution is -2.10. The third-order valence-electron chi connectivity index (χ3n) is 1.69. The number of amides is 1. The molecule has 0 aliphatic carbocycles. The van der Waals surface area contributed by atoms with Crippen LogP contribution in [0.5, 0.6) is 0 Å². The summed E-state index contributed by atoms with van der Waals surface area (Å²) in [7, 11) is 0. The number of hydrogen-bond acceptors (Lipinski definition) is 1. The highest BCUT2D eigenvalue weighted by Crippen LogP contribution is 2.24. The molecule has 1 saturated heterocycles. The molecule has 1 aromatic heterocycles. The number of carbonyl (C=O) groups excluding carboxylic acids is 1. The Morgan fingerprint density at radius 2 is 2.33 bits per heavy atom. The van der Waals surface area contributed by atoms with E-state index >= 15 is 0 Å². The molecule has 3 nitrogen and oxygen atoms in total. The van der Waals surface area contributed by atoms with Crippen molar-refractivity contribution in [2.45, 2.75) is 0 Å². The highest BCUT2D eigenvalue weighted by molar-refractivity contribution is 9.10. The second-order valence-corrected chi connectivity index (χ2v) is 3.87. The summed E-state index contributed by atoms with van der Waals surface area (Å²) in [5, 5.41) is 0.472. The van der Waals surface area contributed by atoms with Gasteiger partial charge in [-0.05, 0) is 22.0 Å². The number of carbonyl (C=O) groups is 1. The van der Waals surface area contributed by atoms with E-state index in [9.17, 15) is 4.79 Å². The van der Waals surface area contributed by atoms with Gasteiger partial charge in [0.25, 0.3) is 5.91 Å². The van der Waals surface area contributed by atoms with Crippen LogP contribution in [0.1, 0.15) is 10.5 Å². The molecule has 1 amide bonds. The normalized spacial score (nSPS) is 15.0. The van der Waals surface area contributed by atoms with Crippen LogP contribution >= 0.6 is 27.5 Å². The first kappa shape index (κ1) is 8.13. The zero-order chi connectivity index (χ0) is 8.72. The molecule has 12 heavy (non-hydrogen) atoms. The minimum absolute atomic E-state index is 0.0163. The maximum Gasteiger partial charge on any atom is 0.270 e. The smallest absolute Gasteiger partial charge is 0.270 e. The molecule has 1 aliphatic rings. The number of aromatic nitrogens is 1. The standard InChI is InChI=1S/C7H6BrClN2O/c8-4-3-5(10-6(4)9)7(12)11-1-2-11/h3,10H,1-2H2. The molecule has 2 rings (SSSR count). The van der Waals surface area contributed by atoms with Crippen molar-refractivity contribution in [3.8, 4) is 0 Å². The highest BCUT2D eigenvalue weighted by atomic mass is 79.9. The number of rotatable bonds is 1. The Hall–Kier alpha value is -0.480. The number of nitrogens with one attached hydrogen (secondary N) is 1. The molecule has 1 fully saturated rings. The van der Waals surface area contributed by atoms with Crippen LogP contribution in [0.15, 0.2) is 10.5 Å². The fourth-order valence-electron chi connectivity index (χ4n) is 0.943. The van der Waals surface area contributed by atoms with Crippen LogP contribution < -0.4 is 0 Å². The van der Waals surface area contributed by atoms with Gasteiger partial charge in [-0.3, -0.25) is 4.79 Å². The van der Waals surface area contributed by atoms with Gasteiger partial charge >= 0.3 is 0 Å². The maximum atomic E-state index is 11.4. The lowest BCUT2D eigenvalue weighted by molar-refractivity contribution is 0.0881. The van der Waals surface area contributed by atoms with E-state index in [1.807, 2.05) is 0 Å². The molecule has 64 valence electrons. The molecule has 0 bridgehead atoms. The first-order chi connectivity index (χ1) is 5.68. The van der Waals surface area contributed by atoms with Crippen LogP contribution in [0.4, 0.5) is 0 Å². The van der Waals surface area contributed by atoms with Gasteiger partial charge in [0.05, 0.1) is 4.47 Å². The van der Waals surface area contributed by atoms with Crippen molar-refractivity contribution >= 4 is 33.4 Å². The van der Waals surface area contributed by atoms with Crippen LogP contribution in [0.25, 0.3) is 0 Å². The molecule has 0 saturated carbocycles. The summed E-state index contributed by atoms with van der Waals surface area (Å²) in [4.78, 5) is 15.9. The van der Waals surface area contributed by atoms with Crippen molar-refractivity contribution in [2.75, 3.05) is 13.1 Å². The average molecular weight is 249 g/mol. The van der Waals surface area contributed by atoms with Gasteiger partial charge in [-0.1, -0.05) is 11.6 Å². The number of H-pyrrole nitrogens is 1. The lowest BCUT2D eigenvalue weighted by atomic mass is 10.4. The van der Waals surface area contributed by atoms with Crippen molar-refractivity contribution in [3.63, 3.8) is 0 Å². The van der Waals surface area contributed by atoms with Crippen LogP contribution in [0.3, 0.4) is 0 Å². The predicted molar refractivity (Wildman–Crippen MR) is 49.4 cm³/mol. The van der Waals surface area contributed by atoms with Gasteiger partial charge in [0.2, 0.25) is 0 Å². The van der Waals surface area contributed by atoms with Gasteiger partial charge in [-0.15, -0.1) is 0 Å². The van der Waals surface area contributed by atoms with Crippen LogP contribution in [0, 0.1) is 0 Å². The summed E-state index contributed by atoms with van der Waals surface area (Å²) in [6.07, 6.45) is 0. The van der Waals surface area contributed by atoms with Gasteiger partial charge in [0.1, 0.15) is 10.8 Å². The molecular weight excluding hydrogens is 243 g/mol. The number of nitrogens with zero attached hydrogens (tertiary/aromatic N) is 1. The molecule has 1 aromatic rings. The summed E-state index contributed by atoms with van der Waals surface area (Å²) in [6.45, 7) is 1.71. The largest absolute Gasteiger partial charge is 0.341 e. The highest BCUT2D eigenvalue weighted by Gasteiger charge is 2.26. The second-order valence-electron chi connectivity index (χ2n) is 2.64. The van der Waals surface area contributed by atoms with Gasteiger partial charge < -0.3 is 9.88 Å². The van der Waals surface area contributed by atoms with Crippen molar-refractivity contribution in [1.29, 1.82) is 0 Å². The Balaban J connectivity index is 2.27. The van der Waals surface area contributed by atoms with Crippen molar-refractivity contribution < 1.29 is 4.79 Å². The molecule has 1 N–H and O–H groups in total. The third kappa shape index (κ3) is 1.36. The Bertz CT molecular complexity index is 313. The number of aromatic amines is 1. The molecule has 0 radical (unpaired) electrons. The lowest BCUT2D eigenvalue weighted by Gasteiger charge is -1.95. The molecule has 0 spiro atoms. The van der Waals surface area contributed by atoms with E-state index in [-0.39, 0.29) is 5.91 Å². The summed E-state index contributed by atoms with van der Waals surface area (Å²) in [5.74, 6) is 0.0163. The summed E-state index contributed by atoms with van der Waals surface area (Å²) >= 11 is 8.95. The Kier molecular flexibility index (Phi) is 1.88. The second kappa shape index (κ2) is 2.78. The average Bonchev–Trinajstić information content (AvgIpc) is 2.80. The minimum Gasteiger partial charge on any atom is -0.341 e. The monoisotopic (exact) mass is 248 g/mol. The van der Waals surface area contributed by atoms with E-state index in [0.29, 0.717) is 10.8 Å². The first-order valence-electron chi connectivity index (χ1n) is 3.52. The zero-order valence-electron chi connectivity index (χ0n) is 6.10. The molecule has 0 atom stereocenters. The van der Waals surface area contributed by atoms with Crippen molar-refractivity contribution in [1.82, 2.24) is 9.88 Å². The fourth-order valence-corrected chi connectivity index (χ4v) is 1.43. The van der Waals surface area contributed by atoms with E-state index in [0.717, 1.165) is 17.6 Å². The predicted octanol–water partition coefficient (Wildman–Crippen LogP) is 1.89. The molecular formula is C7H6BrClN2O. The van der Waals surface area contributed by atoms with E-state index in [1.165, 1.54) is 0 Å². The molecule has 5 heteroatoms. The number of hydrogen-bond donors (Lipinski definition) is 1. The van der Waals surface area contributed by atoms with E-state index < -0.39 is 0 Å². The van der Waals surface area contributed by atoms with E-state index in [2.05, 4.69) is 20.9 Å². The van der Waals surface area contributed by atoms with E-state index in [1.54, 1.807) is 11.0 Å². The Morgan fingerprint density at radius 1 is 1.67 bits per heavy atom. The molecule has 1 aliphatic heterocycles. The quantitative estimate of drug-likeness (QED) is 0.758. The van der Waals surface area contributed by atoms with Gasteiger partial charge in [0, 0.05) is 13.1 Å². The topological polar surface area (TPSA) is 35.9 Å². The molecule has 2 heterocycles. The Labute approximate surface area is 82.8 Å². The molecule has 0 aromatic carbocycles. The third-order valence-corrected chi connectivity index (χ3v) is 2.84. The van der Waals surface area contributed by atoms with Gasteiger partial charge in [-0.2, -0.15) is 0 Å². The fraction of sp³-hybridized carbons (Fsp3) is 0.286. The van der Waals surface area contributed by atoms with Crippen LogP contribution in [-0.2, 0) is 0 Å². The summed E-state index contributed by atoms with van der Waals surface area (Å²) in [5.41, 5.74) is 0.546. The number of halogens is 2. The van der Waals surface area contributed by atoms with E-state index in [4.69, 9.17) is 11.6 Å². The van der Waals surface area contributed by atoms with Crippen molar-refractivity contribution in [3.05, 3.63) is 21.4 Å². The summed E-state index contributed by atoms with van der Waals surface area (Å²) < 4.78 is 0.731. The van der Waals surface area contributed by atoms with Crippen LogP contribution in [-0.4, -0.2) is 28.9 Å². The van der Waals surface area contributed by atoms with Gasteiger partial charge in [0.15, 0.2) is 0 Å². The Morgan fingerprint density at radius 3 is 2.75 bits per heavy atom. The maximum absolute atomic E-state index is 11.4. The summed E-state index contributed by atoms with van der Waals surface area (Å²) in [6, 6.07) is 1.70. The zero-order valence-corrected chi connectivity index (χ0v) is 8.44. The van der Waals surface area contributed by atoms with Crippen LogP contribution in [0.2, 0.25) is 5.15 Å². The first-order valence-corrected chi connectivity index (χ1v) is 4.69. The minimum atomic E-state index is 0.0163.